The number of aryl methyl sites for hydroxylation is 2. The topological polar surface area (TPSA) is 22.1 Å². The van der Waals surface area contributed by atoms with Gasteiger partial charge in [-0.25, -0.2) is 0 Å². The Morgan fingerprint density at radius 3 is 2.56 bits per heavy atom. The van der Waals surface area contributed by atoms with Crippen LogP contribution < -0.4 is 4.74 Å². The van der Waals surface area contributed by atoms with Crippen LogP contribution in [0, 0.1) is 13.8 Å². The third-order valence-electron chi connectivity index (χ3n) is 2.49. The Morgan fingerprint density at radius 1 is 1.06 bits per heavy atom. The molecule has 0 fully saturated rings. The minimum atomic E-state index is 0.590. The molecule has 0 aliphatic heterocycles. The quantitative estimate of drug-likeness (QED) is 0.780. The van der Waals surface area contributed by atoms with Crippen LogP contribution in [0.5, 0.6) is 5.75 Å². The summed E-state index contributed by atoms with van der Waals surface area (Å²) < 4.78 is 5.78. The molecule has 0 bridgehead atoms. The van der Waals surface area contributed by atoms with Crippen LogP contribution in [0.1, 0.15) is 16.7 Å². The molecule has 0 amide bonds. The molecule has 0 N–H and O–H groups in total. The van der Waals surface area contributed by atoms with Crippen LogP contribution in [0.15, 0.2) is 42.7 Å². The molecular formula is C14H15NO. The maximum absolute atomic E-state index is 5.78. The van der Waals surface area contributed by atoms with Gasteiger partial charge in [0.1, 0.15) is 12.4 Å². The zero-order valence-corrected chi connectivity index (χ0v) is 9.60. The lowest BCUT2D eigenvalue weighted by Gasteiger charge is -2.09. The van der Waals surface area contributed by atoms with Gasteiger partial charge < -0.3 is 4.74 Å². The third kappa shape index (κ3) is 2.60. The van der Waals surface area contributed by atoms with Crippen molar-refractivity contribution in [1.29, 1.82) is 0 Å². The van der Waals surface area contributed by atoms with Crippen LogP contribution in [0.4, 0.5) is 0 Å². The molecule has 0 saturated carbocycles. The van der Waals surface area contributed by atoms with E-state index in [-0.39, 0.29) is 0 Å². The molecule has 2 heteroatoms. The summed E-state index contributed by atoms with van der Waals surface area (Å²) in [6, 6.07) is 10.2. The van der Waals surface area contributed by atoms with E-state index >= 15 is 0 Å². The highest BCUT2D eigenvalue weighted by molar-refractivity contribution is 5.36. The number of benzene rings is 1. The van der Waals surface area contributed by atoms with Gasteiger partial charge in [0.05, 0.1) is 0 Å². The molecule has 0 aliphatic rings. The van der Waals surface area contributed by atoms with Crippen molar-refractivity contribution < 1.29 is 4.74 Å². The van der Waals surface area contributed by atoms with Crippen molar-refractivity contribution in [1.82, 2.24) is 4.98 Å². The fraction of sp³-hybridized carbons (Fsp3) is 0.214. The largest absolute Gasteiger partial charge is 0.489 e. The number of aromatic nitrogens is 1. The normalized spacial score (nSPS) is 10.1. The second-order valence-corrected chi connectivity index (χ2v) is 3.91. The van der Waals surface area contributed by atoms with Crippen molar-refractivity contribution in [3.8, 4) is 5.75 Å². The molecule has 2 rings (SSSR count). The van der Waals surface area contributed by atoms with Gasteiger partial charge >= 0.3 is 0 Å². The molecular weight excluding hydrogens is 198 g/mol. The first kappa shape index (κ1) is 10.7. The Balaban J connectivity index is 2.08. The minimum absolute atomic E-state index is 0.590. The molecule has 82 valence electrons. The average Bonchev–Trinajstić information content (AvgIpc) is 2.32. The van der Waals surface area contributed by atoms with E-state index < -0.39 is 0 Å². The first-order valence-corrected chi connectivity index (χ1v) is 5.34. The number of ether oxygens (including phenoxy) is 1. The second kappa shape index (κ2) is 4.79. The van der Waals surface area contributed by atoms with Crippen molar-refractivity contribution in [2.24, 2.45) is 0 Å². The smallest absolute Gasteiger partial charge is 0.122 e. The highest BCUT2D eigenvalue weighted by Gasteiger charge is 2.00. The first-order chi connectivity index (χ1) is 7.75. The van der Waals surface area contributed by atoms with Crippen LogP contribution in [-0.4, -0.2) is 4.98 Å². The predicted molar refractivity (Wildman–Crippen MR) is 64.5 cm³/mol. The Labute approximate surface area is 95.9 Å². The van der Waals surface area contributed by atoms with E-state index in [1.54, 1.807) is 12.4 Å². The fourth-order valence-corrected chi connectivity index (χ4v) is 1.50. The summed E-state index contributed by atoms with van der Waals surface area (Å²) in [5.74, 6) is 0.955. The van der Waals surface area contributed by atoms with Gasteiger partial charge in [-0.15, -0.1) is 0 Å². The number of pyridine rings is 1. The van der Waals surface area contributed by atoms with Crippen LogP contribution in [0.3, 0.4) is 0 Å². The summed E-state index contributed by atoms with van der Waals surface area (Å²) in [7, 11) is 0. The molecule has 2 aromatic rings. The summed E-state index contributed by atoms with van der Waals surface area (Å²) in [6.07, 6.45) is 3.56. The van der Waals surface area contributed by atoms with Gasteiger partial charge in [-0.3, -0.25) is 4.98 Å². The Bertz CT molecular complexity index is 465. The molecule has 0 unspecified atom stereocenters. The van der Waals surface area contributed by atoms with Crippen molar-refractivity contribution in [3.63, 3.8) is 0 Å². The highest BCUT2D eigenvalue weighted by atomic mass is 16.5. The first-order valence-electron chi connectivity index (χ1n) is 5.34. The fourth-order valence-electron chi connectivity index (χ4n) is 1.50. The van der Waals surface area contributed by atoms with Gasteiger partial charge in [0.2, 0.25) is 0 Å². The predicted octanol–water partition coefficient (Wildman–Crippen LogP) is 3.28. The second-order valence-electron chi connectivity index (χ2n) is 3.91. The molecule has 0 radical (unpaired) electrons. The number of rotatable bonds is 3. The van der Waals surface area contributed by atoms with Gasteiger partial charge in [0.25, 0.3) is 0 Å². The minimum Gasteiger partial charge on any atom is -0.489 e. The number of hydrogen-bond acceptors (Lipinski definition) is 2. The molecule has 1 heterocycles. The van der Waals surface area contributed by atoms with E-state index in [4.69, 9.17) is 4.74 Å². The van der Waals surface area contributed by atoms with Crippen molar-refractivity contribution in [2.45, 2.75) is 20.5 Å². The van der Waals surface area contributed by atoms with E-state index in [0.29, 0.717) is 6.61 Å². The standard InChI is InChI=1S/C14H15NO/c1-11-3-4-12(2)14(9-11)16-10-13-5-7-15-8-6-13/h3-9H,10H2,1-2H3. The molecule has 0 saturated heterocycles. The SMILES string of the molecule is Cc1ccc(C)c(OCc2ccncc2)c1. The van der Waals surface area contributed by atoms with Gasteiger partial charge in [-0.05, 0) is 48.7 Å². The van der Waals surface area contributed by atoms with Crippen molar-refractivity contribution in [2.75, 3.05) is 0 Å². The number of nitrogens with zero attached hydrogens (tertiary/aromatic N) is 1. The number of hydrogen-bond donors (Lipinski definition) is 0. The van der Waals surface area contributed by atoms with E-state index in [1.165, 1.54) is 11.1 Å². The molecule has 0 aliphatic carbocycles. The lowest BCUT2D eigenvalue weighted by Crippen LogP contribution is -1.97. The molecule has 1 aromatic carbocycles. The van der Waals surface area contributed by atoms with Crippen molar-refractivity contribution >= 4 is 0 Å². The average molecular weight is 213 g/mol. The molecule has 16 heavy (non-hydrogen) atoms. The van der Waals surface area contributed by atoms with Crippen LogP contribution in [0.2, 0.25) is 0 Å². The Kier molecular flexibility index (Phi) is 3.20. The van der Waals surface area contributed by atoms with Gasteiger partial charge in [0, 0.05) is 12.4 Å². The Hall–Kier alpha value is -1.83. The van der Waals surface area contributed by atoms with Crippen LogP contribution >= 0.6 is 0 Å². The summed E-state index contributed by atoms with van der Waals surface area (Å²) in [5.41, 5.74) is 3.52. The van der Waals surface area contributed by atoms with Gasteiger partial charge in [-0.2, -0.15) is 0 Å². The summed E-state index contributed by atoms with van der Waals surface area (Å²) in [6.45, 7) is 4.72. The summed E-state index contributed by atoms with van der Waals surface area (Å²) in [5, 5.41) is 0. The molecule has 0 atom stereocenters. The third-order valence-corrected chi connectivity index (χ3v) is 2.49. The highest BCUT2D eigenvalue weighted by Crippen LogP contribution is 2.20. The monoisotopic (exact) mass is 213 g/mol. The zero-order valence-electron chi connectivity index (χ0n) is 9.60. The maximum Gasteiger partial charge on any atom is 0.122 e. The van der Waals surface area contributed by atoms with E-state index in [0.717, 1.165) is 11.3 Å². The van der Waals surface area contributed by atoms with Crippen molar-refractivity contribution in [3.05, 3.63) is 59.4 Å². The van der Waals surface area contributed by atoms with E-state index in [1.807, 2.05) is 12.1 Å². The van der Waals surface area contributed by atoms with Crippen LogP contribution in [0.25, 0.3) is 0 Å². The lowest BCUT2D eigenvalue weighted by molar-refractivity contribution is 0.304. The molecule has 0 spiro atoms. The van der Waals surface area contributed by atoms with Gasteiger partial charge in [0.15, 0.2) is 0 Å². The van der Waals surface area contributed by atoms with Gasteiger partial charge in [-0.1, -0.05) is 12.1 Å². The Morgan fingerprint density at radius 2 is 1.81 bits per heavy atom. The van der Waals surface area contributed by atoms with Crippen LogP contribution in [-0.2, 0) is 6.61 Å². The summed E-state index contributed by atoms with van der Waals surface area (Å²) in [4.78, 5) is 3.98. The van der Waals surface area contributed by atoms with E-state index in [2.05, 4.69) is 37.0 Å². The summed E-state index contributed by atoms with van der Waals surface area (Å²) >= 11 is 0. The maximum atomic E-state index is 5.78. The lowest BCUT2D eigenvalue weighted by atomic mass is 10.1. The molecule has 1 aromatic heterocycles. The zero-order chi connectivity index (χ0) is 11.4. The van der Waals surface area contributed by atoms with E-state index in [9.17, 15) is 0 Å². The molecule has 2 nitrogen and oxygen atoms in total.